The van der Waals surface area contributed by atoms with E-state index in [1.54, 1.807) is 0 Å². The number of fused-ring (bicyclic) bond motifs is 1. The molecule has 1 N–H and O–H groups in total. The summed E-state index contributed by atoms with van der Waals surface area (Å²) >= 11 is 0. The van der Waals surface area contributed by atoms with E-state index in [-0.39, 0.29) is 0 Å². The molecule has 1 fully saturated rings. The number of aromatic nitrogens is 2. The molecule has 1 saturated heterocycles. The number of nitrogens with one attached hydrogen (secondary N) is 1. The predicted molar refractivity (Wildman–Crippen MR) is 83.8 cm³/mol. The Hall–Kier alpha value is -2.07. The van der Waals surface area contributed by atoms with Gasteiger partial charge in [-0.25, -0.2) is 4.98 Å². The predicted octanol–water partition coefficient (Wildman–Crippen LogP) is 2.95. The van der Waals surface area contributed by atoms with E-state index in [0.29, 0.717) is 6.10 Å². The molecular weight excluding hydrogens is 262 g/mol. The third-order valence-corrected chi connectivity index (χ3v) is 4.24. The van der Waals surface area contributed by atoms with Crippen molar-refractivity contribution < 1.29 is 4.74 Å². The van der Waals surface area contributed by atoms with Gasteiger partial charge in [0.05, 0.1) is 6.10 Å². The minimum atomic E-state index is 0.364. The zero-order valence-corrected chi connectivity index (χ0v) is 12.0. The molecule has 0 radical (unpaired) electrons. The summed E-state index contributed by atoms with van der Waals surface area (Å²) in [5, 5.41) is 1.18. The highest BCUT2D eigenvalue weighted by Crippen LogP contribution is 2.29. The largest absolute Gasteiger partial charge is 0.376 e. The van der Waals surface area contributed by atoms with Crippen molar-refractivity contribution in [2.75, 3.05) is 19.7 Å². The summed E-state index contributed by atoms with van der Waals surface area (Å²) in [5.41, 5.74) is 3.45. The Morgan fingerprint density at radius 1 is 1.38 bits per heavy atom. The van der Waals surface area contributed by atoms with Crippen LogP contribution in [0.1, 0.15) is 18.4 Å². The van der Waals surface area contributed by atoms with Gasteiger partial charge < -0.3 is 14.6 Å². The van der Waals surface area contributed by atoms with Gasteiger partial charge in [-0.15, -0.1) is 0 Å². The van der Waals surface area contributed by atoms with E-state index in [0.717, 1.165) is 25.3 Å². The van der Waals surface area contributed by atoms with E-state index < -0.39 is 0 Å². The van der Waals surface area contributed by atoms with E-state index >= 15 is 0 Å². The fraction of sp³-hybridized carbons (Fsp3) is 0.353. The molecular formula is C17H19N3O. The Morgan fingerprint density at radius 3 is 3.29 bits per heavy atom. The van der Waals surface area contributed by atoms with Gasteiger partial charge in [-0.1, -0.05) is 12.2 Å². The van der Waals surface area contributed by atoms with E-state index in [4.69, 9.17) is 4.74 Å². The fourth-order valence-corrected chi connectivity index (χ4v) is 3.20. The molecule has 4 rings (SSSR count). The Bertz CT molecular complexity index is 695. The van der Waals surface area contributed by atoms with Crippen LogP contribution in [0.4, 0.5) is 0 Å². The van der Waals surface area contributed by atoms with Crippen LogP contribution in [0.15, 0.2) is 42.8 Å². The van der Waals surface area contributed by atoms with Crippen LogP contribution in [0.3, 0.4) is 0 Å². The maximum Gasteiger partial charge on any atom is 0.137 e. The molecule has 0 amide bonds. The van der Waals surface area contributed by atoms with Crippen molar-refractivity contribution >= 4 is 16.7 Å². The quantitative estimate of drug-likeness (QED) is 0.940. The number of pyridine rings is 1. The molecule has 0 spiro atoms. The van der Waals surface area contributed by atoms with Crippen molar-refractivity contribution in [3.63, 3.8) is 0 Å². The Labute approximate surface area is 124 Å². The van der Waals surface area contributed by atoms with Gasteiger partial charge in [0, 0.05) is 48.7 Å². The van der Waals surface area contributed by atoms with E-state index in [2.05, 4.69) is 45.2 Å². The molecule has 1 unspecified atom stereocenters. The van der Waals surface area contributed by atoms with Crippen LogP contribution in [-0.4, -0.2) is 40.7 Å². The summed E-state index contributed by atoms with van der Waals surface area (Å²) in [5.74, 6) is 0. The van der Waals surface area contributed by atoms with Gasteiger partial charge in [-0.3, -0.25) is 0 Å². The van der Waals surface area contributed by atoms with Gasteiger partial charge in [0.1, 0.15) is 5.65 Å². The van der Waals surface area contributed by atoms with Crippen molar-refractivity contribution in [1.29, 1.82) is 0 Å². The number of rotatable bonds is 3. The third kappa shape index (κ3) is 2.36. The topological polar surface area (TPSA) is 41.1 Å². The highest BCUT2D eigenvalue weighted by atomic mass is 16.5. The Balaban J connectivity index is 1.68. The first-order valence-corrected chi connectivity index (χ1v) is 7.58. The normalized spacial score (nSPS) is 22.0. The molecule has 108 valence electrons. The first-order valence-electron chi connectivity index (χ1n) is 7.58. The van der Waals surface area contributed by atoms with Crippen LogP contribution in [0.25, 0.3) is 16.7 Å². The molecule has 2 aliphatic heterocycles. The first kappa shape index (κ1) is 12.7. The molecule has 0 bridgehead atoms. The monoisotopic (exact) mass is 281 g/mol. The molecule has 0 saturated carbocycles. The maximum atomic E-state index is 5.80. The number of hydrogen-bond donors (Lipinski definition) is 1. The van der Waals surface area contributed by atoms with Crippen molar-refractivity contribution in [2.45, 2.75) is 18.9 Å². The second-order valence-corrected chi connectivity index (χ2v) is 5.62. The molecule has 1 atom stereocenters. The summed E-state index contributed by atoms with van der Waals surface area (Å²) in [4.78, 5) is 9.98. The van der Waals surface area contributed by atoms with E-state index in [9.17, 15) is 0 Å². The molecule has 21 heavy (non-hydrogen) atoms. The van der Waals surface area contributed by atoms with E-state index in [1.165, 1.54) is 29.5 Å². The number of ether oxygens (including phenoxy) is 1. The lowest BCUT2D eigenvalue weighted by molar-refractivity contribution is 0.0912. The summed E-state index contributed by atoms with van der Waals surface area (Å²) in [6.45, 7) is 2.81. The van der Waals surface area contributed by atoms with Crippen molar-refractivity contribution in [1.82, 2.24) is 14.9 Å². The molecule has 4 heteroatoms. The van der Waals surface area contributed by atoms with Crippen LogP contribution in [0.2, 0.25) is 0 Å². The highest BCUT2D eigenvalue weighted by Gasteiger charge is 2.22. The summed E-state index contributed by atoms with van der Waals surface area (Å²) in [6, 6.07) is 4.20. The average molecular weight is 281 g/mol. The van der Waals surface area contributed by atoms with Gasteiger partial charge in [-0.05, 0) is 31.1 Å². The smallest absolute Gasteiger partial charge is 0.137 e. The molecule has 2 aliphatic rings. The zero-order valence-electron chi connectivity index (χ0n) is 12.0. The van der Waals surface area contributed by atoms with E-state index in [1.807, 2.05) is 12.4 Å². The zero-order chi connectivity index (χ0) is 14.1. The summed E-state index contributed by atoms with van der Waals surface area (Å²) in [6.07, 6.45) is 13.1. The van der Waals surface area contributed by atoms with Crippen LogP contribution in [0, 0.1) is 0 Å². The highest BCUT2D eigenvalue weighted by molar-refractivity contribution is 5.90. The average Bonchev–Trinajstić information content (AvgIpc) is 3.18. The standard InChI is InChI=1S/C17H19N3O/c1-2-10-20(12-13-4-3-11-21-13)16(5-1)14-6-8-18-17-15(14)7-9-19-17/h1-2,5-9,13H,3-4,10-12H2,(H,18,19). The minimum Gasteiger partial charge on any atom is -0.376 e. The minimum absolute atomic E-state index is 0.364. The Kier molecular flexibility index (Phi) is 3.24. The number of nitrogens with zero attached hydrogens (tertiary/aromatic N) is 2. The molecule has 2 aromatic heterocycles. The number of hydrogen-bond acceptors (Lipinski definition) is 3. The van der Waals surface area contributed by atoms with Crippen molar-refractivity contribution in [3.05, 3.63) is 48.3 Å². The Morgan fingerprint density at radius 2 is 2.38 bits per heavy atom. The van der Waals surface area contributed by atoms with Crippen LogP contribution in [-0.2, 0) is 4.74 Å². The molecule has 4 nitrogen and oxygen atoms in total. The number of H-pyrrole nitrogens is 1. The molecule has 0 aliphatic carbocycles. The second-order valence-electron chi connectivity index (χ2n) is 5.62. The van der Waals surface area contributed by atoms with Crippen molar-refractivity contribution in [3.8, 4) is 0 Å². The molecule has 4 heterocycles. The van der Waals surface area contributed by atoms with Gasteiger partial charge in [0.25, 0.3) is 0 Å². The van der Waals surface area contributed by atoms with Crippen LogP contribution in [0.5, 0.6) is 0 Å². The third-order valence-electron chi connectivity index (χ3n) is 4.24. The maximum absolute atomic E-state index is 5.80. The van der Waals surface area contributed by atoms with Gasteiger partial charge in [0.15, 0.2) is 0 Å². The van der Waals surface area contributed by atoms with Gasteiger partial charge >= 0.3 is 0 Å². The SMILES string of the molecule is C1=CCN(CC2CCCO2)C(c2ccnc3[nH]ccc23)=C1. The number of allylic oxidation sites excluding steroid dienone is 2. The van der Waals surface area contributed by atoms with Gasteiger partial charge in [0.2, 0.25) is 0 Å². The second kappa shape index (κ2) is 5.37. The summed E-state index contributed by atoms with van der Waals surface area (Å²) < 4.78 is 5.80. The lowest BCUT2D eigenvalue weighted by Gasteiger charge is -2.30. The number of aromatic amines is 1. The lowest BCUT2D eigenvalue weighted by atomic mass is 10.1. The molecule has 2 aromatic rings. The lowest BCUT2D eigenvalue weighted by Crippen LogP contribution is -2.32. The van der Waals surface area contributed by atoms with Crippen molar-refractivity contribution in [2.24, 2.45) is 0 Å². The first-order chi connectivity index (χ1) is 10.4. The van der Waals surface area contributed by atoms with Crippen LogP contribution >= 0.6 is 0 Å². The summed E-state index contributed by atoms with van der Waals surface area (Å²) in [7, 11) is 0. The molecule has 0 aromatic carbocycles. The van der Waals surface area contributed by atoms with Crippen LogP contribution < -0.4 is 0 Å². The van der Waals surface area contributed by atoms with Gasteiger partial charge in [-0.2, -0.15) is 0 Å². The fourth-order valence-electron chi connectivity index (χ4n) is 3.20.